The Labute approximate surface area is 315 Å². The lowest BCUT2D eigenvalue weighted by molar-refractivity contribution is 1.15. The van der Waals surface area contributed by atoms with Crippen LogP contribution in [0.4, 0.5) is 17.2 Å². The van der Waals surface area contributed by atoms with Crippen LogP contribution in [0, 0.1) is 0 Å². The quantitative estimate of drug-likeness (QED) is 0.162. The summed E-state index contributed by atoms with van der Waals surface area (Å²) in [5, 5.41) is 3.64. The van der Waals surface area contributed by atoms with E-state index in [1.54, 1.807) is 0 Å². The van der Waals surface area contributed by atoms with Crippen molar-refractivity contribution in [2.75, 3.05) is 4.90 Å². The van der Waals surface area contributed by atoms with Crippen molar-refractivity contribution in [2.24, 2.45) is 0 Å². The van der Waals surface area contributed by atoms with Gasteiger partial charge in [-0.25, -0.2) is 0 Å². The summed E-state index contributed by atoms with van der Waals surface area (Å²) in [5.41, 5.74) is 14.1. The molecule has 10 aromatic rings. The fraction of sp³-hybridized carbons (Fsp3) is 0. The van der Waals surface area contributed by atoms with E-state index in [2.05, 4.69) is 228 Å². The molecular formula is C52H36N2. The molecule has 2 heterocycles. The molecule has 0 saturated carbocycles. The summed E-state index contributed by atoms with van der Waals surface area (Å²) in [6.45, 7) is 0. The number of anilines is 3. The number of benzene rings is 8. The van der Waals surface area contributed by atoms with Crippen molar-refractivity contribution in [3.05, 3.63) is 218 Å². The van der Waals surface area contributed by atoms with Gasteiger partial charge in [-0.05, 0) is 69.1 Å². The number of hydrogen-bond acceptors (Lipinski definition) is 1. The lowest BCUT2D eigenvalue weighted by Crippen LogP contribution is -2.15. The molecule has 2 heteroatoms. The van der Waals surface area contributed by atoms with Gasteiger partial charge >= 0.3 is 0 Å². The minimum absolute atomic E-state index is 1.08. The van der Waals surface area contributed by atoms with Gasteiger partial charge < -0.3 is 0 Å². The normalized spacial score (nSPS) is 11.3. The molecule has 0 spiro atoms. The van der Waals surface area contributed by atoms with Crippen molar-refractivity contribution in [3.8, 4) is 44.5 Å². The molecule has 254 valence electrons. The second-order valence-corrected chi connectivity index (χ2v) is 13.7. The average molecular weight is 689 g/mol. The third kappa shape index (κ3) is 5.36. The second-order valence-electron chi connectivity index (χ2n) is 13.7. The van der Waals surface area contributed by atoms with Crippen molar-refractivity contribution in [2.45, 2.75) is 0 Å². The SMILES string of the molecule is c1ccc(-c2ccc(N(c3ccc(-c4ccccc4)cc3)c3c(-c4ccccc4)c4ccccc4c4c(-c5ccccc5)c5ccccc5n34)cc2)cc1. The molecule has 0 atom stereocenters. The Bertz CT molecular complexity index is 2790. The maximum Gasteiger partial charge on any atom is 0.131 e. The number of nitrogens with zero attached hydrogens (tertiary/aromatic N) is 2. The molecule has 0 amide bonds. The molecule has 0 fully saturated rings. The Morgan fingerprint density at radius 3 is 1.15 bits per heavy atom. The third-order valence-corrected chi connectivity index (χ3v) is 10.6. The summed E-state index contributed by atoms with van der Waals surface area (Å²) >= 11 is 0. The summed E-state index contributed by atoms with van der Waals surface area (Å²) in [5.74, 6) is 1.09. The van der Waals surface area contributed by atoms with E-state index in [4.69, 9.17) is 0 Å². The fourth-order valence-electron chi connectivity index (χ4n) is 8.11. The first-order valence-electron chi connectivity index (χ1n) is 18.5. The van der Waals surface area contributed by atoms with Crippen LogP contribution in [0.5, 0.6) is 0 Å². The molecule has 8 aromatic carbocycles. The molecule has 0 aliphatic carbocycles. The molecule has 0 N–H and O–H groups in total. The van der Waals surface area contributed by atoms with Crippen molar-refractivity contribution in [1.82, 2.24) is 4.40 Å². The summed E-state index contributed by atoms with van der Waals surface area (Å²) in [6, 6.07) is 78.9. The monoisotopic (exact) mass is 688 g/mol. The van der Waals surface area contributed by atoms with Crippen LogP contribution < -0.4 is 4.90 Å². The molecule has 0 aliphatic heterocycles. The van der Waals surface area contributed by atoms with E-state index in [9.17, 15) is 0 Å². The first-order valence-corrected chi connectivity index (χ1v) is 18.5. The number of hydrogen-bond donors (Lipinski definition) is 0. The van der Waals surface area contributed by atoms with Crippen LogP contribution in [0.1, 0.15) is 0 Å². The van der Waals surface area contributed by atoms with E-state index in [0.717, 1.165) is 28.3 Å². The van der Waals surface area contributed by atoms with Crippen molar-refractivity contribution >= 4 is 44.4 Å². The first kappa shape index (κ1) is 31.6. The average Bonchev–Trinajstić information content (AvgIpc) is 3.61. The zero-order valence-electron chi connectivity index (χ0n) is 29.7. The first-order chi connectivity index (χ1) is 26.8. The largest absolute Gasteiger partial charge is 0.296 e. The van der Waals surface area contributed by atoms with Crippen molar-refractivity contribution in [3.63, 3.8) is 0 Å². The molecule has 10 rings (SSSR count). The number of aromatic nitrogens is 1. The van der Waals surface area contributed by atoms with Crippen LogP contribution in [0.15, 0.2) is 218 Å². The minimum atomic E-state index is 1.08. The summed E-state index contributed by atoms with van der Waals surface area (Å²) in [4.78, 5) is 2.46. The Morgan fingerprint density at radius 2 is 0.648 bits per heavy atom. The molecule has 2 aromatic heterocycles. The lowest BCUT2D eigenvalue weighted by atomic mass is 9.95. The Hall–Kier alpha value is -7.16. The highest BCUT2D eigenvalue weighted by Crippen LogP contribution is 2.50. The maximum absolute atomic E-state index is 2.53. The molecule has 54 heavy (non-hydrogen) atoms. The number of rotatable bonds is 7. The standard InChI is InChI=1S/C52H36N2/c1-5-17-37(18-6-1)39-29-33-43(34-30-39)53(44-35-31-40(32-36-44)38-19-7-2-8-20-38)52-50(42-23-11-4-12-24-42)45-25-13-14-26-46(45)51-49(41-21-9-3-10-22-41)47-27-15-16-28-48(47)54(51)52/h1-36H. The Balaban J connectivity index is 1.35. The van der Waals surface area contributed by atoms with Crippen molar-refractivity contribution in [1.29, 1.82) is 0 Å². The van der Waals surface area contributed by atoms with Gasteiger partial charge in [0.1, 0.15) is 5.82 Å². The highest BCUT2D eigenvalue weighted by atomic mass is 15.2. The smallest absolute Gasteiger partial charge is 0.131 e. The molecule has 0 bridgehead atoms. The van der Waals surface area contributed by atoms with Gasteiger partial charge in [0.2, 0.25) is 0 Å². The van der Waals surface area contributed by atoms with Gasteiger partial charge in [0.15, 0.2) is 0 Å². The number of para-hydroxylation sites is 1. The van der Waals surface area contributed by atoms with Gasteiger partial charge in [-0.15, -0.1) is 0 Å². The molecule has 0 saturated heterocycles. The van der Waals surface area contributed by atoms with Gasteiger partial charge in [-0.2, -0.15) is 0 Å². The summed E-state index contributed by atoms with van der Waals surface area (Å²) < 4.78 is 2.53. The van der Waals surface area contributed by atoms with Crippen LogP contribution in [0.3, 0.4) is 0 Å². The van der Waals surface area contributed by atoms with Crippen LogP contribution >= 0.6 is 0 Å². The van der Waals surface area contributed by atoms with Crippen LogP contribution in [-0.2, 0) is 0 Å². The summed E-state index contributed by atoms with van der Waals surface area (Å²) in [6.07, 6.45) is 0. The minimum Gasteiger partial charge on any atom is -0.296 e. The molecule has 0 aliphatic rings. The predicted octanol–water partition coefficient (Wildman–Crippen LogP) is 14.4. The number of fused-ring (bicyclic) bond motifs is 5. The van der Waals surface area contributed by atoms with Gasteiger partial charge in [0, 0.05) is 33.3 Å². The van der Waals surface area contributed by atoms with Crippen LogP contribution in [0.25, 0.3) is 71.7 Å². The number of pyridine rings is 1. The lowest BCUT2D eigenvalue weighted by Gasteiger charge is -2.31. The molecule has 0 radical (unpaired) electrons. The van der Waals surface area contributed by atoms with Gasteiger partial charge in [-0.1, -0.05) is 188 Å². The highest BCUT2D eigenvalue weighted by molar-refractivity contribution is 6.20. The highest BCUT2D eigenvalue weighted by Gasteiger charge is 2.28. The molecule has 2 nitrogen and oxygen atoms in total. The third-order valence-electron chi connectivity index (χ3n) is 10.6. The molecular weight excluding hydrogens is 653 g/mol. The fourth-order valence-corrected chi connectivity index (χ4v) is 8.11. The van der Waals surface area contributed by atoms with Crippen molar-refractivity contribution < 1.29 is 0 Å². The van der Waals surface area contributed by atoms with E-state index in [1.807, 2.05) is 0 Å². The topological polar surface area (TPSA) is 7.65 Å². The maximum atomic E-state index is 2.53. The zero-order chi connectivity index (χ0) is 35.8. The van der Waals surface area contributed by atoms with Gasteiger partial charge in [0.25, 0.3) is 0 Å². The van der Waals surface area contributed by atoms with E-state index in [1.165, 1.54) is 60.6 Å². The summed E-state index contributed by atoms with van der Waals surface area (Å²) in [7, 11) is 0. The predicted molar refractivity (Wildman–Crippen MR) is 229 cm³/mol. The van der Waals surface area contributed by atoms with Crippen LogP contribution in [-0.4, -0.2) is 4.40 Å². The van der Waals surface area contributed by atoms with E-state index >= 15 is 0 Å². The zero-order valence-corrected chi connectivity index (χ0v) is 29.7. The molecule has 0 unspecified atom stereocenters. The van der Waals surface area contributed by atoms with E-state index < -0.39 is 0 Å². The second kappa shape index (κ2) is 13.4. The van der Waals surface area contributed by atoms with E-state index in [-0.39, 0.29) is 0 Å². The Kier molecular flexibility index (Phi) is 7.85. The Morgan fingerprint density at radius 1 is 0.278 bits per heavy atom. The van der Waals surface area contributed by atoms with Crippen LogP contribution in [0.2, 0.25) is 0 Å². The van der Waals surface area contributed by atoms with E-state index in [0.29, 0.717) is 0 Å². The van der Waals surface area contributed by atoms with Gasteiger partial charge in [-0.3, -0.25) is 9.30 Å². The van der Waals surface area contributed by atoms with Gasteiger partial charge in [0.05, 0.1) is 11.0 Å².